The number of carbonyl (C=O) groups is 1. The average Bonchev–Trinajstić information content (AvgIpc) is 2.31. The lowest BCUT2D eigenvalue weighted by Gasteiger charge is -1.84. The smallest absolute Gasteiger partial charge is 0.330 e. The largest absolute Gasteiger partial charge is 0.478 e. The zero-order valence-corrected chi connectivity index (χ0v) is 10.1. The molecule has 0 saturated carbocycles. The molecular weight excluding hydrogens is 216 g/mol. The van der Waals surface area contributed by atoms with Gasteiger partial charge in [0.2, 0.25) is 0 Å². The van der Waals surface area contributed by atoms with E-state index in [9.17, 15) is 4.79 Å². The van der Waals surface area contributed by atoms with Gasteiger partial charge in [-0.25, -0.2) is 9.79 Å². The number of hydrogen-bond donors (Lipinski definition) is 1. The van der Waals surface area contributed by atoms with E-state index in [-0.39, 0.29) is 5.57 Å². The first-order valence-electron chi connectivity index (χ1n) is 5.14. The van der Waals surface area contributed by atoms with Crippen molar-refractivity contribution in [3.8, 4) is 0 Å². The van der Waals surface area contributed by atoms with E-state index >= 15 is 0 Å². The fourth-order valence-corrected chi connectivity index (χ4v) is 0.666. The molecule has 0 aliphatic heterocycles. The van der Waals surface area contributed by atoms with E-state index < -0.39 is 5.97 Å². The summed E-state index contributed by atoms with van der Waals surface area (Å²) in [5, 5.41) is 7.89. The van der Waals surface area contributed by atoms with Crippen molar-refractivity contribution in [3.63, 3.8) is 0 Å². The van der Waals surface area contributed by atoms with Gasteiger partial charge in [-0.15, -0.1) is 0 Å². The maximum absolute atomic E-state index is 9.60. The molecule has 0 bridgehead atoms. The maximum Gasteiger partial charge on any atom is 0.330 e. The number of carboxylic acid groups (broad SMARTS) is 1. The Morgan fingerprint density at radius 1 is 1.41 bits per heavy atom. The van der Waals surface area contributed by atoms with Gasteiger partial charge in [0.25, 0.3) is 0 Å². The molecule has 0 amide bonds. The number of benzene rings is 1. The Bertz CT molecular complexity index is 406. The van der Waals surface area contributed by atoms with Crippen molar-refractivity contribution in [2.45, 2.75) is 13.8 Å². The van der Waals surface area contributed by atoms with Gasteiger partial charge in [0.05, 0.1) is 11.7 Å². The first-order valence-corrected chi connectivity index (χ1v) is 5.14. The predicted molar refractivity (Wildman–Crippen MR) is 69.0 cm³/mol. The van der Waals surface area contributed by atoms with Crippen molar-refractivity contribution >= 4 is 17.7 Å². The molecule has 0 radical (unpaired) electrons. The van der Waals surface area contributed by atoms with E-state index in [1.165, 1.54) is 6.92 Å². The van der Waals surface area contributed by atoms with Gasteiger partial charge >= 0.3 is 5.97 Å². The molecule has 1 rings (SSSR count). The van der Waals surface area contributed by atoms with Crippen LogP contribution in [0, 0.1) is 0 Å². The second-order valence-electron chi connectivity index (χ2n) is 3.11. The first kappa shape index (κ1) is 14.8. The molecule has 0 aliphatic rings. The zero-order valence-electron chi connectivity index (χ0n) is 10.1. The Kier molecular flexibility index (Phi) is 7.90. The van der Waals surface area contributed by atoms with E-state index in [2.05, 4.69) is 22.6 Å². The van der Waals surface area contributed by atoms with Crippen molar-refractivity contribution in [1.82, 2.24) is 0 Å². The standard InChI is InChI=1S/C9H10N2.C4H6O2/c1-2-10-8-11-9-6-4-3-5-7-9;1-3(2)4(5)6/h3-7H,2H2,1H3;1H2,2H3,(H,5,6). The van der Waals surface area contributed by atoms with Gasteiger partial charge in [-0.05, 0) is 26.0 Å². The van der Waals surface area contributed by atoms with E-state index in [0.717, 1.165) is 12.2 Å². The Morgan fingerprint density at radius 2 is 1.94 bits per heavy atom. The number of rotatable bonds is 3. The molecular formula is C13H16N2O2. The molecule has 1 N–H and O–H groups in total. The highest BCUT2D eigenvalue weighted by molar-refractivity contribution is 5.84. The number of nitrogens with zero attached hydrogens (tertiary/aromatic N) is 2. The molecule has 0 saturated heterocycles. The predicted octanol–water partition coefficient (Wildman–Crippen LogP) is 3.16. The van der Waals surface area contributed by atoms with Crippen molar-refractivity contribution in [2.24, 2.45) is 9.98 Å². The summed E-state index contributed by atoms with van der Waals surface area (Å²) in [7, 11) is 0. The summed E-state index contributed by atoms with van der Waals surface area (Å²) >= 11 is 0. The van der Waals surface area contributed by atoms with Gasteiger partial charge in [0, 0.05) is 12.1 Å². The van der Waals surface area contributed by atoms with Gasteiger partial charge in [0.15, 0.2) is 0 Å². The van der Waals surface area contributed by atoms with Gasteiger partial charge in [0.1, 0.15) is 0 Å². The van der Waals surface area contributed by atoms with E-state index in [1.54, 1.807) is 0 Å². The Morgan fingerprint density at radius 3 is 2.35 bits per heavy atom. The lowest BCUT2D eigenvalue weighted by atomic mass is 10.3. The van der Waals surface area contributed by atoms with Crippen LogP contribution in [0.4, 0.5) is 5.69 Å². The molecule has 0 aliphatic carbocycles. The molecule has 0 unspecified atom stereocenters. The van der Waals surface area contributed by atoms with E-state index in [0.29, 0.717) is 0 Å². The third-order valence-corrected chi connectivity index (χ3v) is 1.53. The molecule has 0 atom stereocenters. The molecule has 0 spiro atoms. The molecule has 1 aromatic rings. The minimum absolute atomic E-state index is 0.176. The van der Waals surface area contributed by atoms with Gasteiger partial charge < -0.3 is 5.11 Å². The summed E-state index contributed by atoms with van der Waals surface area (Å²) in [6, 6.07) is 12.3. The summed E-state index contributed by atoms with van der Waals surface area (Å²) in [5.74, 6) is -0.935. The van der Waals surface area contributed by atoms with Gasteiger partial charge in [-0.2, -0.15) is 4.99 Å². The van der Waals surface area contributed by atoms with Crippen LogP contribution in [0.25, 0.3) is 0 Å². The SMILES string of the molecule is C=C(C)C(=O)O.CCN=C=Nc1ccccc1. The minimum Gasteiger partial charge on any atom is -0.478 e. The fraction of sp³-hybridized carbons (Fsp3) is 0.231. The lowest BCUT2D eigenvalue weighted by Crippen LogP contribution is -1.92. The second kappa shape index (κ2) is 9.07. The summed E-state index contributed by atoms with van der Waals surface area (Å²) < 4.78 is 0. The quantitative estimate of drug-likeness (QED) is 0.642. The summed E-state index contributed by atoms with van der Waals surface area (Å²) in [5.41, 5.74) is 1.07. The third-order valence-electron chi connectivity index (χ3n) is 1.53. The Labute approximate surface area is 101 Å². The number of aliphatic imine (C=N–C) groups is 2. The third kappa shape index (κ3) is 8.78. The van der Waals surface area contributed by atoms with Gasteiger partial charge in [-0.3, -0.25) is 0 Å². The Balaban J connectivity index is 0.000000366. The molecule has 0 aromatic heterocycles. The monoisotopic (exact) mass is 232 g/mol. The molecule has 1 aromatic carbocycles. The van der Waals surface area contributed by atoms with Crippen LogP contribution in [0.5, 0.6) is 0 Å². The molecule has 90 valence electrons. The molecule has 0 heterocycles. The normalized spacial score (nSPS) is 8.12. The van der Waals surface area contributed by atoms with Crippen LogP contribution in [-0.2, 0) is 4.79 Å². The summed E-state index contributed by atoms with van der Waals surface area (Å²) in [6.45, 7) is 7.29. The van der Waals surface area contributed by atoms with Crippen LogP contribution < -0.4 is 0 Å². The van der Waals surface area contributed by atoms with Crippen molar-refractivity contribution in [3.05, 3.63) is 42.5 Å². The molecule has 0 fully saturated rings. The molecule has 4 heteroatoms. The fourth-order valence-electron chi connectivity index (χ4n) is 0.666. The highest BCUT2D eigenvalue weighted by Crippen LogP contribution is 2.07. The van der Waals surface area contributed by atoms with E-state index in [4.69, 9.17) is 5.11 Å². The summed E-state index contributed by atoms with van der Waals surface area (Å²) in [4.78, 5) is 17.4. The maximum atomic E-state index is 9.60. The van der Waals surface area contributed by atoms with E-state index in [1.807, 2.05) is 37.3 Å². The van der Waals surface area contributed by atoms with Crippen LogP contribution in [0.2, 0.25) is 0 Å². The zero-order chi connectivity index (χ0) is 13.1. The van der Waals surface area contributed by atoms with Crippen LogP contribution >= 0.6 is 0 Å². The van der Waals surface area contributed by atoms with Crippen LogP contribution in [0.3, 0.4) is 0 Å². The topological polar surface area (TPSA) is 62.0 Å². The van der Waals surface area contributed by atoms with Crippen LogP contribution in [0.15, 0.2) is 52.5 Å². The average molecular weight is 232 g/mol. The number of hydrogen-bond acceptors (Lipinski definition) is 3. The second-order valence-corrected chi connectivity index (χ2v) is 3.11. The van der Waals surface area contributed by atoms with Crippen LogP contribution in [0.1, 0.15) is 13.8 Å². The number of para-hydroxylation sites is 1. The molecule has 17 heavy (non-hydrogen) atoms. The lowest BCUT2D eigenvalue weighted by molar-refractivity contribution is -0.132. The van der Waals surface area contributed by atoms with Crippen molar-refractivity contribution in [2.75, 3.05) is 6.54 Å². The number of aliphatic carboxylic acids is 1. The summed E-state index contributed by atoms with van der Waals surface area (Å²) in [6.07, 6.45) is 0. The van der Waals surface area contributed by atoms with Crippen molar-refractivity contribution < 1.29 is 9.90 Å². The number of carboxylic acids is 1. The van der Waals surface area contributed by atoms with Crippen LogP contribution in [-0.4, -0.2) is 23.6 Å². The Hall–Kier alpha value is -2.19. The van der Waals surface area contributed by atoms with Crippen molar-refractivity contribution in [1.29, 1.82) is 0 Å². The first-order chi connectivity index (χ1) is 8.07. The minimum atomic E-state index is -0.935. The molecule has 4 nitrogen and oxygen atoms in total. The van der Waals surface area contributed by atoms with Gasteiger partial charge in [-0.1, -0.05) is 24.8 Å². The highest BCUT2D eigenvalue weighted by atomic mass is 16.4. The highest BCUT2D eigenvalue weighted by Gasteiger charge is 1.90.